The van der Waals surface area contributed by atoms with Gasteiger partial charge in [-0.2, -0.15) is 0 Å². The number of nitrogens with one attached hydrogen (secondary N) is 5. The fourth-order valence-corrected chi connectivity index (χ4v) is 4.85. The molecule has 3 saturated heterocycles. The molecule has 28 heavy (non-hydrogen) atoms. The molecule has 0 amide bonds. The molecule has 0 radical (unpaired) electrons. The van der Waals surface area contributed by atoms with Crippen molar-refractivity contribution in [3.05, 3.63) is 54.1 Å². The summed E-state index contributed by atoms with van der Waals surface area (Å²) in [6, 6.07) is 8.05. The Morgan fingerprint density at radius 3 is 2.75 bits per heavy atom. The summed E-state index contributed by atoms with van der Waals surface area (Å²) in [5.41, 5.74) is 10.7. The lowest BCUT2D eigenvalue weighted by atomic mass is 9.80. The standard InChI is InChI=1S/C21H29N7/c1-2-14(10-23-5-1)19-9-18-20(13-25-19)27-28-21(18)15-8-17(12-24-11-15)26-16-3-6-22-7-4-16/h1-2,5,8,10-12,16,18-22,25-28H,3-4,6-7,9,13H2. The summed E-state index contributed by atoms with van der Waals surface area (Å²) < 4.78 is 0. The van der Waals surface area contributed by atoms with Gasteiger partial charge in [0.25, 0.3) is 0 Å². The van der Waals surface area contributed by atoms with Crippen LogP contribution in [0.3, 0.4) is 0 Å². The number of fused-ring (bicyclic) bond motifs is 1. The van der Waals surface area contributed by atoms with Crippen molar-refractivity contribution in [1.82, 2.24) is 31.5 Å². The van der Waals surface area contributed by atoms with Gasteiger partial charge in [0, 0.05) is 49.5 Å². The smallest absolute Gasteiger partial charge is 0.0532 e. The van der Waals surface area contributed by atoms with Crippen molar-refractivity contribution in [3.63, 3.8) is 0 Å². The van der Waals surface area contributed by atoms with Gasteiger partial charge in [-0.05, 0) is 61.5 Å². The van der Waals surface area contributed by atoms with Gasteiger partial charge < -0.3 is 16.0 Å². The zero-order valence-electron chi connectivity index (χ0n) is 16.1. The number of nitrogens with zero attached hydrogens (tertiary/aromatic N) is 2. The van der Waals surface area contributed by atoms with E-state index >= 15 is 0 Å². The summed E-state index contributed by atoms with van der Waals surface area (Å²) in [7, 11) is 0. The highest BCUT2D eigenvalue weighted by molar-refractivity contribution is 5.45. The average molecular weight is 380 g/mol. The number of hydrogen-bond donors (Lipinski definition) is 5. The SMILES string of the molecule is c1cncc(C2CC3C(CN2)NNC3c2cncc(NC3CCNCC3)c2)c1. The van der Waals surface area contributed by atoms with Gasteiger partial charge >= 0.3 is 0 Å². The summed E-state index contributed by atoms with van der Waals surface area (Å²) in [4.78, 5) is 8.83. The number of piperidine rings is 2. The molecule has 2 aromatic rings. The Labute approximate surface area is 166 Å². The predicted octanol–water partition coefficient (Wildman–Crippen LogP) is 1.51. The topological polar surface area (TPSA) is 85.9 Å². The average Bonchev–Trinajstić information content (AvgIpc) is 3.19. The first-order valence-corrected chi connectivity index (χ1v) is 10.4. The number of anilines is 1. The van der Waals surface area contributed by atoms with Crippen molar-refractivity contribution in [2.24, 2.45) is 5.92 Å². The maximum Gasteiger partial charge on any atom is 0.0532 e. The van der Waals surface area contributed by atoms with Crippen LogP contribution in [-0.4, -0.2) is 41.7 Å². The lowest BCUT2D eigenvalue weighted by Gasteiger charge is -2.34. The Morgan fingerprint density at radius 2 is 1.89 bits per heavy atom. The Hall–Kier alpha value is -2.06. The highest BCUT2D eigenvalue weighted by atomic mass is 15.4. The lowest BCUT2D eigenvalue weighted by molar-refractivity contribution is 0.266. The van der Waals surface area contributed by atoms with Crippen molar-refractivity contribution in [2.45, 2.75) is 43.4 Å². The summed E-state index contributed by atoms with van der Waals surface area (Å²) in [6.07, 6.45) is 11.2. The van der Waals surface area contributed by atoms with E-state index in [1.54, 1.807) is 0 Å². The van der Waals surface area contributed by atoms with Gasteiger partial charge in [-0.15, -0.1) is 0 Å². The van der Waals surface area contributed by atoms with Crippen LogP contribution in [0.25, 0.3) is 0 Å². The second-order valence-corrected chi connectivity index (χ2v) is 8.20. The molecule has 0 bridgehead atoms. The minimum atomic E-state index is 0.272. The van der Waals surface area contributed by atoms with E-state index < -0.39 is 0 Å². The van der Waals surface area contributed by atoms with Crippen molar-refractivity contribution in [2.75, 3.05) is 25.0 Å². The quantitative estimate of drug-likeness (QED) is 0.551. The molecule has 0 spiro atoms. The predicted molar refractivity (Wildman–Crippen MR) is 110 cm³/mol. The largest absolute Gasteiger partial charge is 0.381 e. The molecule has 7 heteroatoms. The molecule has 7 nitrogen and oxygen atoms in total. The number of aromatic nitrogens is 2. The van der Waals surface area contributed by atoms with Gasteiger partial charge in [0.05, 0.1) is 11.7 Å². The minimum Gasteiger partial charge on any atom is -0.381 e. The summed E-state index contributed by atoms with van der Waals surface area (Å²) in [5, 5.41) is 10.8. The van der Waals surface area contributed by atoms with Crippen LogP contribution in [0, 0.1) is 5.92 Å². The molecule has 0 saturated carbocycles. The monoisotopic (exact) mass is 379 g/mol. The third kappa shape index (κ3) is 3.75. The molecule has 5 heterocycles. The maximum atomic E-state index is 4.54. The lowest BCUT2D eigenvalue weighted by Crippen LogP contribution is -2.46. The van der Waals surface area contributed by atoms with Gasteiger partial charge in [-0.25, -0.2) is 5.43 Å². The highest BCUT2D eigenvalue weighted by Gasteiger charge is 2.41. The molecule has 0 aliphatic carbocycles. The van der Waals surface area contributed by atoms with Crippen LogP contribution in [0.4, 0.5) is 5.69 Å². The molecule has 0 aromatic carbocycles. The Kier molecular flexibility index (Phi) is 5.22. The second kappa shape index (κ2) is 8.13. The van der Waals surface area contributed by atoms with E-state index in [1.807, 2.05) is 30.9 Å². The molecule has 3 aliphatic rings. The highest BCUT2D eigenvalue weighted by Crippen LogP contribution is 2.38. The number of hydrazine groups is 1. The summed E-state index contributed by atoms with van der Waals surface area (Å²) >= 11 is 0. The van der Waals surface area contributed by atoms with E-state index in [9.17, 15) is 0 Å². The van der Waals surface area contributed by atoms with Crippen LogP contribution in [-0.2, 0) is 0 Å². The second-order valence-electron chi connectivity index (χ2n) is 8.20. The van der Waals surface area contributed by atoms with E-state index in [1.165, 1.54) is 11.1 Å². The van der Waals surface area contributed by atoms with Crippen LogP contribution in [0.15, 0.2) is 43.0 Å². The normalized spacial score (nSPS) is 30.7. The molecular formula is C21H29N7. The Balaban J connectivity index is 1.31. The summed E-state index contributed by atoms with van der Waals surface area (Å²) in [6.45, 7) is 3.13. The molecule has 3 fully saturated rings. The van der Waals surface area contributed by atoms with E-state index in [0.717, 1.165) is 44.6 Å². The van der Waals surface area contributed by atoms with Crippen molar-refractivity contribution < 1.29 is 0 Å². The van der Waals surface area contributed by atoms with Crippen molar-refractivity contribution in [3.8, 4) is 0 Å². The van der Waals surface area contributed by atoms with Crippen LogP contribution >= 0.6 is 0 Å². The van der Waals surface area contributed by atoms with Crippen molar-refractivity contribution >= 4 is 5.69 Å². The van der Waals surface area contributed by atoms with Gasteiger partial charge in [0.2, 0.25) is 0 Å². The third-order valence-electron chi connectivity index (χ3n) is 6.38. The van der Waals surface area contributed by atoms with Crippen molar-refractivity contribution in [1.29, 1.82) is 0 Å². The van der Waals surface area contributed by atoms with E-state index in [0.29, 0.717) is 24.0 Å². The van der Waals surface area contributed by atoms with Gasteiger partial charge in [-0.3, -0.25) is 15.4 Å². The van der Waals surface area contributed by atoms with Crippen LogP contribution in [0.5, 0.6) is 0 Å². The fourth-order valence-electron chi connectivity index (χ4n) is 4.85. The van der Waals surface area contributed by atoms with E-state index in [4.69, 9.17) is 0 Å². The molecule has 3 aliphatic heterocycles. The fraction of sp³-hybridized carbons (Fsp3) is 0.524. The number of pyridine rings is 2. The van der Waals surface area contributed by atoms with Gasteiger partial charge in [-0.1, -0.05) is 6.07 Å². The zero-order valence-corrected chi connectivity index (χ0v) is 16.1. The first-order chi connectivity index (χ1) is 13.9. The van der Waals surface area contributed by atoms with E-state index in [2.05, 4.69) is 48.9 Å². The number of rotatable bonds is 4. The Morgan fingerprint density at radius 1 is 1.00 bits per heavy atom. The third-order valence-corrected chi connectivity index (χ3v) is 6.38. The molecule has 4 atom stereocenters. The summed E-state index contributed by atoms with van der Waals surface area (Å²) in [5.74, 6) is 0.516. The maximum absolute atomic E-state index is 4.54. The molecule has 5 rings (SSSR count). The van der Waals surface area contributed by atoms with Gasteiger partial charge in [0.1, 0.15) is 0 Å². The van der Waals surface area contributed by atoms with Crippen LogP contribution < -0.4 is 26.8 Å². The molecule has 5 N–H and O–H groups in total. The molecule has 148 valence electrons. The molecule has 2 aromatic heterocycles. The van der Waals surface area contributed by atoms with E-state index in [-0.39, 0.29) is 6.04 Å². The minimum absolute atomic E-state index is 0.272. The first kappa shape index (κ1) is 18.0. The Bertz CT molecular complexity index is 777. The first-order valence-electron chi connectivity index (χ1n) is 10.4. The molecule has 4 unspecified atom stereocenters. The zero-order chi connectivity index (χ0) is 18.8. The number of hydrogen-bond acceptors (Lipinski definition) is 7. The van der Waals surface area contributed by atoms with Crippen LogP contribution in [0.1, 0.15) is 42.5 Å². The van der Waals surface area contributed by atoms with Gasteiger partial charge in [0.15, 0.2) is 0 Å². The van der Waals surface area contributed by atoms with Crippen LogP contribution in [0.2, 0.25) is 0 Å². The molecular weight excluding hydrogens is 350 g/mol.